The van der Waals surface area contributed by atoms with Crippen LogP contribution in [0.2, 0.25) is 0 Å². The molecule has 0 saturated carbocycles. The van der Waals surface area contributed by atoms with Crippen LogP contribution in [0.25, 0.3) is 5.73 Å². The average Bonchev–Trinajstić information content (AvgIpc) is 2.62. The number of hydrogen-bond acceptors (Lipinski definition) is 1. The molecule has 0 aliphatic carbocycles. The fourth-order valence-electron chi connectivity index (χ4n) is 0.948. The van der Waals surface area contributed by atoms with E-state index in [1.165, 1.54) is 12.8 Å². The second-order valence-corrected chi connectivity index (χ2v) is 2.69. The van der Waals surface area contributed by atoms with Crippen LogP contribution in [0.3, 0.4) is 0 Å². The first-order chi connectivity index (χ1) is 5.89. The van der Waals surface area contributed by atoms with Gasteiger partial charge in [-0.2, -0.15) is 0 Å². The van der Waals surface area contributed by atoms with Crippen molar-refractivity contribution in [2.24, 2.45) is 0 Å². The first kappa shape index (κ1) is 12.6. The zero-order valence-electron chi connectivity index (χ0n) is 8.12. The Morgan fingerprint density at radius 1 is 1.00 bits per heavy atom. The molecule has 1 aliphatic rings. The summed E-state index contributed by atoms with van der Waals surface area (Å²) in [6.07, 6.45) is 2.56. The van der Waals surface area contributed by atoms with Gasteiger partial charge in [-0.15, -0.1) is 5.69 Å². The fourth-order valence-corrected chi connectivity index (χ4v) is 0.948. The molecule has 1 aromatic rings. The molecule has 1 aromatic carbocycles. The largest absolute Gasteiger partial charge is 1.00 e. The van der Waals surface area contributed by atoms with Crippen molar-refractivity contribution in [3.05, 3.63) is 36.1 Å². The van der Waals surface area contributed by atoms with Crippen LogP contribution in [-0.4, -0.2) is 13.2 Å². The number of nitrogens with one attached hydrogen (secondary N) is 1. The van der Waals surface area contributed by atoms with Gasteiger partial charge in [0.05, 0.1) is 0 Å². The van der Waals surface area contributed by atoms with Gasteiger partial charge in [0.2, 0.25) is 0 Å². The van der Waals surface area contributed by atoms with Crippen molar-refractivity contribution in [2.75, 3.05) is 13.2 Å². The van der Waals surface area contributed by atoms with Crippen molar-refractivity contribution in [3.63, 3.8) is 0 Å². The van der Waals surface area contributed by atoms with Gasteiger partial charge in [-0.05, 0) is 12.8 Å². The summed E-state index contributed by atoms with van der Waals surface area (Å²) in [4.78, 5) is 0. The van der Waals surface area contributed by atoms with E-state index < -0.39 is 0 Å². The van der Waals surface area contributed by atoms with E-state index in [1.54, 1.807) is 12.1 Å². The van der Waals surface area contributed by atoms with Crippen LogP contribution < -0.4 is 18.9 Å². The second-order valence-electron chi connectivity index (χ2n) is 2.69. The molecule has 3 heteroatoms. The van der Waals surface area contributed by atoms with Gasteiger partial charge >= 0.3 is 18.9 Å². The first-order valence-corrected chi connectivity index (χ1v) is 4.24. The maximum atomic E-state index is 7.00. The van der Waals surface area contributed by atoms with Gasteiger partial charge in [0.25, 0.3) is 0 Å². The SMILES string of the molecule is C1CCOC1.[Li+].[NH-]c1ccccc1. The van der Waals surface area contributed by atoms with Gasteiger partial charge in [0.15, 0.2) is 0 Å². The quantitative estimate of drug-likeness (QED) is 0.512. The molecule has 13 heavy (non-hydrogen) atoms. The average molecular weight is 171 g/mol. The Kier molecular flexibility index (Phi) is 7.92. The first-order valence-electron chi connectivity index (χ1n) is 4.24. The van der Waals surface area contributed by atoms with Crippen LogP contribution in [0.4, 0.5) is 5.69 Å². The predicted octanol–water partition coefficient (Wildman–Crippen LogP) is 0.171. The Morgan fingerprint density at radius 2 is 1.54 bits per heavy atom. The van der Waals surface area contributed by atoms with Crippen LogP contribution in [0.1, 0.15) is 12.8 Å². The molecule has 0 bridgehead atoms. The number of hydrogen-bond donors (Lipinski definition) is 0. The third-order valence-corrected chi connectivity index (χ3v) is 1.60. The van der Waals surface area contributed by atoms with Gasteiger partial charge in [-0.3, -0.25) is 0 Å². The topological polar surface area (TPSA) is 33.0 Å². The van der Waals surface area contributed by atoms with Crippen molar-refractivity contribution in [2.45, 2.75) is 12.8 Å². The number of rotatable bonds is 0. The molecule has 0 aromatic heterocycles. The Morgan fingerprint density at radius 3 is 1.77 bits per heavy atom. The van der Waals surface area contributed by atoms with E-state index in [4.69, 9.17) is 10.5 Å². The Labute approximate surface area is 91.6 Å². The van der Waals surface area contributed by atoms with Crippen LogP contribution in [0.15, 0.2) is 30.3 Å². The smallest absolute Gasteiger partial charge is 0.699 e. The summed E-state index contributed by atoms with van der Waals surface area (Å²) in [5, 5.41) is 0. The van der Waals surface area contributed by atoms with Crippen LogP contribution in [0.5, 0.6) is 0 Å². The number of ether oxygens (including phenoxy) is 1. The van der Waals surface area contributed by atoms with Gasteiger partial charge in [-0.1, -0.05) is 30.3 Å². The summed E-state index contributed by atoms with van der Waals surface area (Å²) in [7, 11) is 0. The molecule has 2 nitrogen and oxygen atoms in total. The minimum atomic E-state index is 0. The van der Waals surface area contributed by atoms with E-state index in [0.717, 1.165) is 13.2 Å². The standard InChI is InChI=1S/C6H6N.C4H8O.Li/c7-6-4-2-1-3-5-6;1-2-4-5-3-1;/h1-5,7H;1-4H2;/q-1;;+1. The third kappa shape index (κ3) is 6.71. The summed E-state index contributed by atoms with van der Waals surface area (Å²) >= 11 is 0. The monoisotopic (exact) mass is 171 g/mol. The van der Waals surface area contributed by atoms with E-state index >= 15 is 0 Å². The fraction of sp³-hybridized carbons (Fsp3) is 0.400. The van der Waals surface area contributed by atoms with Crippen LogP contribution >= 0.6 is 0 Å². The van der Waals surface area contributed by atoms with E-state index in [2.05, 4.69) is 0 Å². The molecule has 1 aliphatic heterocycles. The van der Waals surface area contributed by atoms with Gasteiger partial charge in [-0.25, -0.2) is 0 Å². The maximum Gasteiger partial charge on any atom is 1.00 e. The third-order valence-electron chi connectivity index (χ3n) is 1.60. The minimum absolute atomic E-state index is 0. The molecular formula is C10H14LiNO. The van der Waals surface area contributed by atoms with Crippen molar-refractivity contribution in [1.29, 1.82) is 0 Å². The van der Waals surface area contributed by atoms with Crippen molar-refractivity contribution in [3.8, 4) is 0 Å². The molecule has 1 saturated heterocycles. The zero-order valence-corrected chi connectivity index (χ0v) is 8.12. The molecule has 0 radical (unpaired) electrons. The van der Waals surface area contributed by atoms with Crippen molar-refractivity contribution < 1.29 is 23.6 Å². The van der Waals surface area contributed by atoms with E-state index in [-0.39, 0.29) is 18.9 Å². The molecule has 0 amide bonds. The predicted molar refractivity (Wildman–Crippen MR) is 50.5 cm³/mol. The molecule has 2 rings (SSSR count). The summed E-state index contributed by atoms with van der Waals surface area (Å²) in [5.41, 5.74) is 7.57. The molecule has 1 N–H and O–H groups in total. The maximum absolute atomic E-state index is 7.00. The summed E-state index contributed by atoms with van der Waals surface area (Å²) in [5.74, 6) is 0. The Hall–Kier alpha value is -0.423. The molecule has 1 fully saturated rings. The van der Waals surface area contributed by atoms with Crippen LogP contribution in [0, 0.1) is 0 Å². The van der Waals surface area contributed by atoms with Gasteiger partial charge in [0, 0.05) is 13.2 Å². The van der Waals surface area contributed by atoms with E-state index in [1.807, 2.05) is 18.2 Å². The van der Waals surface area contributed by atoms with Gasteiger partial charge in [0.1, 0.15) is 0 Å². The molecular weight excluding hydrogens is 157 g/mol. The molecule has 0 unspecified atom stereocenters. The van der Waals surface area contributed by atoms with Gasteiger partial charge < -0.3 is 10.5 Å². The molecule has 0 atom stereocenters. The summed E-state index contributed by atoms with van der Waals surface area (Å²) in [6.45, 7) is 2.00. The normalized spacial score (nSPS) is 13.8. The van der Waals surface area contributed by atoms with Crippen LogP contribution in [-0.2, 0) is 4.74 Å². The molecule has 0 spiro atoms. The van der Waals surface area contributed by atoms with Crippen molar-refractivity contribution >= 4 is 5.69 Å². The molecule has 1 heterocycles. The zero-order chi connectivity index (χ0) is 8.65. The van der Waals surface area contributed by atoms with E-state index in [0.29, 0.717) is 5.69 Å². The Balaban J connectivity index is 0.000000215. The van der Waals surface area contributed by atoms with Crippen molar-refractivity contribution in [1.82, 2.24) is 0 Å². The summed E-state index contributed by atoms with van der Waals surface area (Å²) in [6, 6.07) is 9.10. The minimum Gasteiger partial charge on any atom is -0.699 e. The van der Waals surface area contributed by atoms with E-state index in [9.17, 15) is 0 Å². The number of benzene rings is 1. The Bertz CT molecular complexity index is 192. The second kappa shape index (κ2) is 8.19. The summed E-state index contributed by atoms with van der Waals surface area (Å²) < 4.78 is 4.94. The molecule has 66 valence electrons.